The molecule has 32 heavy (non-hydrogen) atoms. The molecular weight excluding hydrogens is 437 g/mol. The number of ether oxygens (including phenoxy) is 1. The van der Waals surface area contributed by atoms with Gasteiger partial charge in [0.05, 0.1) is 33.9 Å². The van der Waals surface area contributed by atoms with Crippen molar-refractivity contribution in [1.82, 2.24) is 19.9 Å². The Bertz CT molecular complexity index is 1210. The number of benzene rings is 1. The van der Waals surface area contributed by atoms with Crippen LogP contribution in [0, 0.1) is 5.82 Å². The van der Waals surface area contributed by atoms with Gasteiger partial charge >= 0.3 is 6.09 Å². The zero-order valence-electron chi connectivity index (χ0n) is 18.3. The van der Waals surface area contributed by atoms with E-state index in [1.807, 2.05) is 6.92 Å². The second-order valence-electron chi connectivity index (χ2n) is 8.29. The summed E-state index contributed by atoms with van der Waals surface area (Å²) in [6.07, 6.45) is 1.90. The number of nitrogens with two attached hydrogens (primary N) is 1. The lowest BCUT2D eigenvalue weighted by molar-refractivity contribution is 0.0497. The molecular formula is C22H25ClFN5O3. The van der Waals surface area contributed by atoms with Gasteiger partial charge in [-0.05, 0) is 51.5 Å². The largest absolute Gasteiger partial charge is 0.444 e. The van der Waals surface area contributed by atoms with Crippen LogP contribution in [0.3, 0.4) is 0 Å². The molecule has 2 aromatic heterocycles. The van der Waals surface area contributed by atoms with Crippen molar-refractivity contribution >= 4 is 34.4 Å². The highest BCUT2D eigenvalue weighted by atomic mass is 35.5. The molecule has 0 aliphatic heterocycles. The van der Waals surface area contributed by atoms with Crippen molar-refractivity contribution in [2.45, 2.75) is 52.2 Å². The second kappa shape index (κ2) is 9.12. The fourth-order valence-corrected chi connectivity index (χ4v) is 3.48. The Labute approximate surface area is 189 Å². The molecule has 0 fully saturated rings. The van der Waals surface area contributed by atoms with Gasteiger partial charge in [0.15, 0.2) is 0 Å². The van der Waals surface area contributed by atoms with Crippen LogP contribution in [-0.4, -0.2) is 26.2 Å². The van der Waals surface area contributed by atoms with Crippen LogP contribution in [0.25, 0.3) is 16.6 Å². The molecule has 2 heterocycles. The molecule has 0 saturated heterocycles. The summed E-state index contributed by atoms with van der Waals surface area (Å²) in [5.74, 6) is -0.229. The highest BCUT2D eigenvalue weighted by Crippen LogP contribution is 2.27. The topological polar surface area (TPSA) is 112 Å². The number of fused-ring (bicyclic) bond motifs is 1. The number of anilines is 1. The normalized spacial score (nSPS) is 12.6. The van der Waals surface area contributed by atoms with E-state index in [2.05, 4.69) is 15.3 Å². The Balaban J connectivity index is 2.26. The minimum Gasteiger partial charge on any atom is -0.444 e. The lowest BCUT2D eigenvalue weighted by Gasteiger charge is -2.25. The number of hydrogen-bond donors (Lipinski definition) is 2. The van der Waals surface area contributed by atoms with Crippen molar-refractivity contribution in [1.29, 1.82) is 0 Å². The molecule has 0 saturated carbocycles. The van der Waals surface area contributed by atoms with E-state index in [1.165, 1.54) is 22.9 Å². The summed E-state index contributed by atoms with van der Waals surface area (Å²) < 4.78 is 20.8. The summed E-state index contributed by atoms with van der Waals surface area (Å²) in [6, 6.07) is 4.97. The third-order valence-corrected chi connectivity index (χ3v) is 4.93. The van der Waals surface area contributed by atoms with E-state index in [0.717, 1.165) is 6.07 Å². The summed E-state index contributed by atoms with van der Waals surface area (Å²) in [5, 5.41) is 2.40. The van der Waals surface area contributed by atoms with Gasteiger partial charge in [0.2, 0.25) is 0 Å². The quantitative estimate of drug-likeness (QED) is 0.577. The number of halogens is 2. The second-order valence-corrected chi connectivity index (χ2v) is 8.67. The number of carbonyl (C=O) groups is 1. The number of pyridine rings is 1. The molecule has 170 valence electrons. The van der Waals surface area contributed by atoms with Crippen molar-refractivity contribution in [3.8, 4) is 5.69 Å². The first-order chi connectivity index (χ1) is 15.0. The summed E-state index contributed by atoms with van der Waals surface area (Å²) >= 11 is 6.11. The number of aromatic nitrogens is 3. The van der Waals surface area contributed by atoms with Crippen LogP contribution in [0.15, 0.2) is 35.3 Å². The smallest absolute Gasteiger partial charge is 0.408 e. The summed E-state index contributed by atoms with van der Waals surface area (Å²) in [5.41, 5.74) is 4.95. The fourth-order valence-electron chi connectivity index (χ4n) is 3.24. The van der Waals surface area contributed by atoms with Crippen LogP contribution in [-0.2, 0) is 4.74 Å². The lowest BCUT2D eigenvalue weighted by Crippen LogP contribution is -2.38. The van der Waals surface area contributed by atoms with Gasteiger partial charge in [-0.25, -0.2) is 19.2 Å². The first kappa shape index (κ1) is 23.5. The zero-order chi connectivity index (χ0) is 23.6. The van der Waals surface area contributed by atoms with Gasteiger partial charge < -0.3 is 15.8 Å². The summed E-state index contributed by atoms with van der Waals surface area (Å²) in [6.45, 7) is 7.19. The van der Waals surface area contributed by atoms with Crippen LogP contribution in [0.1, 0.15) is 52.4 Å². The van der Waals surface area contributed by atoms with Crippen LogP contribution >= 0.6 is 11.6 Å². The highest BCUT2D eigenvalue weighted by molar-refractivity contribution is 6.35. The van der Waals surface area contributed by atoms with Gasteiger partial charge in [0.1, 0.15) is 23.1 Å². The average Bonchev–Trinajstić information content (AvgIpc) is 2.69. The van der Waals surface area contributed by atoms with Crippen molar-refractivity contribution < 1.29 is 13.9 Å². The van der Waals surface area contributed by atoms with Crippen molar-refractivity contribution in [2.75, 3.05) is 5.73 Å². The molecule has 10 heteroatoms. The van der Waals surface area contributed by atoms with Crippen LogP contribution in [0.5, 0.6) is 0 Å². The van der Waals surface area contributed by atoms with E-state index in [9.17, 15) is 14.0 Å². The lowest BCUT2D eigenvalue weighted by atomic mass is 10.1. The van der Waals surface area contributed by atoms with E-state index < -0.39 is 29.1 Å². The average molecular weight is 462 g/mol. The maximum absolute atomic E-state index is 14.1. The van der Waals surface area contributed by atoms with Crippen molar-refractivity contribution in [3.05, 3.63) is 57.5 Å². The Kier molecular flexibility index (Phi) is 6.68. The van der Waals surface area contributed by atoms with Crippen LogP contribution in [0.4, 0.5) is 15.0 Å². The Morgan fingerprint density at radius 1 is 1.31 bits per heavy atom. The number of hydrogen-bond acceptors (Lipinski definition) is 6. The molecule has 3 N–H and O–H groups in total. The van der Waals surface area contributed by atoms with E-state index in [1.54, 1.807) is 26.8 Å². The Morgan fingerprint density at radius 2 is 2.03 bits per heavy atom. The molecule has 1 amide bonds. The number of alkyl carbamates (subject to hydrolysis) is 1. The first-order valence-electron chi connectivity index (χ1n) is 10.1. The molecule has 3 aromatic rings. The standard InChI is InChI=1S/C22H25ClFN5O3/c1-5-6-15(28-21(31)32-22(2,3)4)19-27-14-9-8-13(24)18(23)17(14)20(30)29(19)12-7-10-16(25)26-11-12/h7-11,15H,5-6H2,1-4H3,(H2,25,26)(H,28,31)/t15-/m0/s1. The maximum Gasteiger partial charge on any atom is 0.408 e. The van der Waals surface area contributed by atoms with Gasteiger partial charge in [0.25, 0.3) is 5.56 Å². The van der Waals surface area contributed by atoms with E-state index in [0.29, 0.717) is 18.5 Å². The number of rotatable bonds is 5. The monoisotopic (exact) mass is 461 g/mol. The zero-order valence-corrected chi connectivity index (χ0v) is 19.0. The summed E-state index contributed by atoms with van der Waals surface area (Å²) in [7, 11) is 0. The summed E-state index contributed by atoms with van der Waals surface area (Å²) in [4.78, 5) is 34.6. The van der Waals surface area contributed by atoms with Crippen molar-refractivity contribution in [2.24, 2.45) is 0 Å². The molecule has 1 aromatic carbocycles. The van der Waals surface area contributed by atoms with E-state index in [4.69, 9.17) is 22.1 Å². The van der Waals surface area contributed by atoms with Gasteiger partial charge in [-0.3, -0.25) is 9.36 Å². The van der Waals surface area contributed by atoms with Crippen LogP contribution in [0.2, 0.25) is 5.02 Å². The first-order valence-corrected chi connectivity index (χ1v) is 10.5. The third-order valence-electron chi connectivity index (χ3n) is 4.56. The number of carbonyl (C=O) groups excluding carboxylic acids is 1. The van der Waals surface area contributed by atoms with Gasteiger partial charge in [0, 0.05) is 0 Å². The molecule has 3 rings (SSSR count). The fraction of sp³-hybridized carbons (Fsp3) is 0.364. The van der Waals surface area contributed by atoms with Crippen LogP contribution < -0.4 is 16.6 Å². The maximum atomic E-state index is 14.1. The minimum absolute atomic E-state index is 0.0697. The highest BCUT2D eigenvalue weighted by Gasteiger charge is 2.26. The van der Waals surface area contributed by atoms with Gasteiger partial charge in [-0.1, -0.05) is 24.9 Å². The Hall–Kier alpha value is -3.20. The number of nitrogen functional groups attached to an aromatic ring is 1. The SMILES string of the molecule is CCC[C@H](NC(=O)OC(C)(C)C)c1nc2ccc(F)c(Cl)c2c(=O)n1-c1ccc(N)nc1. The number of nitrogens with zero attached hydrogens (tertiary/aromatic N) is 3. The molecule has 0 unspecified atom stereocenters. The predicted octanol–water partition coefficient (Wildman–Crippen LogP) is 4.52. The predicted molar refractivity (Wildman–Crippen MR) is 122 cm³/mol. The number of amides is 1. The van der Waals surface area contributed by atoms with Crippen molar-refractivity contribution in [3.63, 3.8) is 0 Å². The minimum atomic E-state index is -0.732. The number of nitrogens with one attached hydrogen (secondary N) is 1. The van der Waals surface area contributed by atoms with E-state index >= 15 is 0 Å². The molecule has 0 aliphatic carbocycles. The molecule has 8 nitrogen and oxygen atoms in total. The molecule has 1 atom stereocenters. The van der Waals surface area contributed by atoms with Gasteiger partial charge in [-0.2, -0.15) is 0 Å². The molecule has 0 bridgehead atoms. The van der Waals surface area contributed by atoms with Gasteiger partial charge in [-0.15, -0.1) is 0 Å². The molecule has 0 radical (unpaired) electrons. The molecule has 0 aliphatic rings. The third kappa shape index (κ3) is 4.99. The molecule has 0 spiro atoms. The Morgan fingerprint density at radius 3 is 2.62 bits per heavy atom. The van der Waals surface area contributed by atoms with E-state index in [-0.39, 0.29) is 27.6 Å².